The molecule has 0 aromatic rings. The molecule has 1 unspecified atom stereocenters. The van der Waals surface area contributed by atoms with E-state index < -0.39 is 0 Å². The molecular formula is C10H20N2O3. The molecule has 1 heterocycles. The van der Waals surface area contributed by atoms with Crippen molar-refractivity contribution in [3.63, 3.8) is 0 Å². The molecule has 15 heavy (non-hydrogen) atoms. The van der Waals surface area contributed by atoms with E-state index in [-0.39, 0.29) is 18.7 Å². The number of nitrogens with one attached hydrogen (secondary N) is 1. The summed E-state index contributed by atoms with van der Waals surface area (Å²) in [5, 5.41) is 11.8. The number of hydrogen-bond acceptors (Lipinski definition) is 3. The summed E-state index contributed by atoms with van der Waals surface area (Å²) in [6.45, 7) is 4.45. The summed E-state index contributed by atoms with van der Waals surface area (Å²) >= 11 is 0. The number of aliphatic hydroxyl groups excluding tert-OH is 1. The van der Waals surface area contributed by atoms with Crippen LogP contribution in [0.3, 0.4) is 0 Å². The minimum atomic E-state index is -0.0914. The molecule has 0 aliphatic carbocycles. The van der Waals surface area contributed by atoms with Crippen molar-refractivity contribution in [2.24, 2.45) is 0 Å². The van der Waals surface area contributed by atoms with E-state index in [1.165, 1.54) is 0 Å². The number of hydrogen-bond donors (Lipinski definition) is 2. The first kappa shape index (κ1) is 12.3. The Labute approximate surface area is 90.4 Å². The smallest absolute Gasteiger partial charge is 0.317 e. The maximum Gasteiger partial charge on any atom is 0.317 e. The van der Waals surface area contributed by atoms with Crippen molar-refractivity contribution in [3.05, 3.63) is 0 Å². The Bertz CT molecular complexity index is 199. The summed E-state index contributed by atoms with van der Waals surface area (Å²) in [7, 11) is 0. The van der Waals surface area contributed by atoms with E-state index >= 15 is 0 Å². The SMILES string of the molecule is CCOCCNC(=O)N1CCCC1CO. The van der Waals surface area contributed by atoms with Gasteiger partial charge < -0.3 is 20.1 Å². The van der Waals surface area contributed by atoms with Gasteiger partial charge in [0.2, 0.25) is 0 Å². The van der Waals surface area contributed by atoms with Crippen molar-refractivity contribution in [2.75, 3.05) is 32.9 Å². The lowest BCUT2D eigenvalue weighted by Gasteiger charge is -2.23. The summed E-state index contributed by atoms with van der Waals surface area (Å²) in [5.41, 5.74) is 0. The van der Waals surface area contributed by atoms with Crippen LogP contribution in [-0.4, -0.2) is 55.0 Å². The Kier molecular flexibility index (Phi) is 5.42. The largest absolute Gasteiger partial charge is 0.394 e. The highest BCUT2D eigenvalue weighted by atomic mass is 16.5. The van der Waals surface area contributed by atoms with Gasteiger partial charge in [0.1, 0.15) is 0 Å². The van der Waals surface area contributed by atoms with Gasteiger partial charge in [0.25, 0.3) is 0 Å². The van der Waals surface area contributed by atoms with Gasteiger partial charge in [-0.1, -0.05) is 0 Å². The highest BCUT2D eigenvalue weighted by Crippen LogP contribution is 2.16. The first-order valence-electron chi connectivity index (χ1n) is 5.52. The number of amides is 2. The molecule has 1 atom stereocenters. The number of urea groups is 1. The van der Waals surface area contributed by atoms with Crippen LogP contribution in [0.2, 0.25) is 0 Å². The summed E-state index contributed by atoms with van der Waals surface area (Å²) in [6.07, 6.45) is 1.87. The fourth-order valence-corrected chi connectivity index (χ4v) is 1.77. The average Bonchev–Trinajstić information content (AvgIpc) is 2.72. The second-order valence-corrected chi connectivity index (χ2v) is 3.60. The van der Waals surface area contributed by atoms with Gasteiger partial charge in [-0.3, -0.25) is 0 Å². The topological polar surface area (TPSA) is 61.8 Å². The number of rotatable bonds is 5. The molecule has 0 aromatic carbocycles. The number of likely N-dealkylation sites (tertiary alicyclic amines) is 1. The van der Waals surface area contributed by atoms with Crippen LogP contribution in [-0.2, 0) is 4.74 Å². The summed E-state index contributed by atoms with van der Waals surface area (Å²) in [6, 6.07) is -0.0941. The molecule has 1 aliphatic heterocycles. The molecule has 1 fully saturated rings. The van der Waals surface area contributed by atoms with E-state index in [9.17, 15) is 4.79 Å². The number of aliphatic hydroxyl groups is 1. The van der Waals surface area contributed by atoms with Crippen molar-refractivity contribution in [2.45, 2.75) is 25.8 Å². The molecule has 5 nitrogen and oxygen atoms in total. The van der Waals surface area contributed by atoms with E-state index in [0.29, 0.717) is 19.8 Å². The third kappa shape index (κ3) is 3.68. The Morgan fingerprint density at radius 1 is 1.67 bits per heavy atom. The predicted molar refractivity (Wildman–Crippen MR) is 56.7 cm³/mol. The van der Waals surface area contributed by atoms with Crippen molar-refractivity contribution in [3.8, 4) is 0 Å². The third-order valence-corrected chi connectivity index (χ3v) is 2.58. The highest BCUT2D eigenvalue weighted by Gasteiger charge is 2.27. The zero-order chi connectivity index (χ0) is 11.1. The molecule has 88 valence electrons. The van der Waals surface area contributed by atoms with Gasteiger partial charge in [-0.25, -0.2) is 4.79 Å². The van der Waals surface area contributed by atoms with Gasteiger partial charge in [-0.15, -0.1) is 0 Å². The van der Waals surface area contributed by atoms with Crippen molar-refractivity contribution in [1.29, 1.82) is 0 Å². The lowest BCUT2D eigenvalue weighted by Crippen LogP contribution is -2.45. The van der Waals surface area contributed by atoms with Crippen molar-refractivity contribution in [1.82, 2.24) is 10.2 Å². The van der Waals surface area contributed by atoms with Crippen molar-refractivity contribution < 1.29 is 14.6 Å². The minimum absolute atomic E-state index is 0.00269. The fourth-order valence-electron chi connectivity index (χ4n) is 1.77. The fraction of sp³-hybridized carbons (Fsp3) is 0.900. The second-order valence-electron chi connectivity index (χ2n) is 3.60. The van der Waals surface area contributed by atoms with Crippen LogP contribution in [0, 0.1) is 0 Å². The second kappa shape index (κ2) is 6.63. The molecule has 2 N–H and O–H groups in total. The molecule has 1 aliphatic rings. The zero-order valence-corrected chi connectivity index (χ0v) is 9.24. The average molecular weight is 216 g/mol. The van der Waals surface area contributed by atoms with Crippen LogP contribution < -0.4 is 5.32 Å². The van der Waals surface area contributed by atoms with Crippen LogP contribution in [0.15, 0.2) is 0 Å². The lowest BCUT2D eigenvalue weighted by atomic mass is 10.2. The zero-order valence-electron chi connectivity index (χ0n) is 9.24. The maximum atomic E-state index is 11.6. The minimum Gasteiger partial charge on any atom is -0.394 e. The summed E-state index contributed by atoms with van der Waals surface area (Å²) in [4.78, 5) is 13.3. The van der Waals surface area contributed by atoms with Gasteiger partial charge in [-0.05, 0) is 19.8 Å². The Hall–Kier alpha value is -0.810. The Morgan fingerprint density at radius 3 is 3.13 bits per heavy atom. The van der Waals surface area contributed by atoms with E-state index in [2.05, 4.69) is 5.32 Å². The molecule has 2 amide bonds. The normalized spacial score (nSPS) is 20.7. The predicted octanol–water partition coefficient (Wildman–Crippen LogP) is 0.189. The van der Waals surface area contributed by atoms with E-state index in [0.717, 1.165) is 19.4 Å². The summed E-state index contributed by atoms with van der Waals surface area (Å²) in [5.74, 6) is 0. The van der Waals surface area contributed by atoms with Gasteiger partial charge in [0, 0.05) is 19.7 Å². The third-order valence-electron chi connectivity index (χ3n) is 2.58. The van der Waals surface area contributed by atoms with E-state index in [4.69, 9.17) is 9.84 Å². The maximum absolute atomic E-state index is 11.6. The van der Waals surface area contributed by atoms with Gasteiger partial charge in [-0.2, -0.15) is 0 Å². The van der Waals surface area contributed by atoms with Gasteiger partial charge in [0.15, 0.2) is 0 Å². The molecule has 0 radical (unpaired) electrons. The molecule has 5 heteroatoms. The molecular weight excluding hydrogens is 196 g/mol. The molecule has 0 saturated carbocycles. The van der Waals surface area contributed by atoms with Crippen LogP contribution in [0.4, 0.5) is 4.79 Å². The van der Waals surface area contributed by atoms with Gasteiger partial charge >= 0.3 is 6.03 Å². The molecule has 1 rings (SSSR count). The standard InChI is InChI=1S/C10H20N2O3/c1-2-15-7-5-11-10(14)12-6-3-4-9(12)8-13/h9,13H,2-8H2,1H3,(H,11,14). The molecule has 0 bridgehead atoms. The van der Waals surface area contributed by atoms with Gasteiger partial charge in [0.05, 0.1) is 19.3 Å². The quantitative estimate of drug-likeness (QED) is 0.645. The number of carbonyl (C=O) groups excluding carboxylic acids is 1. The van der Waals surface area contributed by atoms with Crippen molar-refractivity contribution >= 4 is 6.03 Å². The van der Waals surface area contributed by atoms with Crippen LogP contribution in [0.1, 0.15) is 19.8 Å². The Morgan fingerprint density at radius 2 is 2.47 bits per heavy atom. The molecule has 1 saturated heterocycles. The van der Waals surface area contributed by atoms with E-state index in [1.54, 1.807) is 4.90 Å². The lowest BCUT2D eigenvalue weighted by molar-refractivity contribution is 0.138. The molecule has 0 aromatic heterocycles. The van der Waals surface area contributed by atoms with Crippen LogP contribution in [0.25, 0.3) is 0 Å². The van der Waals surface area contributed by atoms with Crippen LogP contribution >= 0.6 is 0 Å². The van der Waals surface area contributed by atoms with Crippen LogP contribution in [0.5, 0.6) is 0 Å². The number of nitrogens with zero attached hydrogens (tertiary/aromatic N) is 1. The number of ether oxygens (including phenoxy) is 1. The molecule has 0 spiro atoms. The monoisotopic (exact) mass is 216 g/mol. The van der Waals surface area contributed by atoms with E-state index in [1.807, 2.05) is 6.92 Å². The highest BCUT2D eigenvalue weighted by molar-refractivity contribution is 5.74. The first-order valence-corrected chi connectivity index (χ1v) is 5.52. The first-order chi connectivity index (χ1) is 7.29. The number of carbonyl (C=O) groups is 1. The summed E-state index contributed by atoms with van der Waals surface area (Å²) < 4.78 is 5.12. The Balaban J connectivity index is 2.21.